The normalized spacial score (nSPS) is 12.4. The second-order valence-electron chi connectivity index (χ2n) is 5.52. The van der Waals surface area contributed by atoms with Gasteiger partial charge >= 0.3 is 12.1 Å². The van der Waals surface area contributed by atoms with Gasteiger partial charge in [-0.15, -0.1) is 0 Å². The molecule has 0 radical (unpaired) electrons. The van der Waals surface area contributed by atoms with Crippen molar-refractivity contribution in [1.82, 2.24) is 10.6 Å². The summed E-state index contributed by atoms with van der Waals surface area (Å²) in [6, 6.07) is -0.994. The Kier molecular flexibility index (Phi) is 9.00. The number of aliphatic carboxylic acids is 1. The Morgan fingerprint density at radius 3 is 2.33 bits per heavy atom. The Bertz CT molecular complexity index is 368. The van der Waals surface area contributed by atoms with Crippen molar-refractivity contribution < 1.29 is 24.2 Å². The lowest BCUT2D eigenvalue weighted by atomic mass is 10.1. The van der Waals surface area contributed by atoms with Crippen molar-refractivity contribution in [2.75, 3.05) is 11.9 Å². The maximum Gasteiger partial charge on any atom is 0.408 e. The van der Waals surface area contributed by atoms with Gasteiger partial charge in [-0.1, -0.05) is 15.9 Å². The molecular formula is C13H23BrN2O5. The van der Waals surface area contributed by atoms with Crippen LogP contribution in [-0.4, -0.2) is 46.6 Å². The number of carbonyl (C=O) groups excluding carboxylic acids is 2. The van der Waals surface area contributed by atoms with Gasteiger partial charge in [0.05, 0.1) is 5.33 Å². The predicted molar refractivity (Wildman–Crippen MR) is 81.4 cm³/mol. The number of ether oxygens (including phenoxy) is 1. The highest BCUT2D eigenvalue weighted by molar-refractivity contribution is 9.09. The monoisotopic (exact) mass is 366 g/mol. The zero-order valence-corrected chi connectivity index (χ0v) is 14.2. The largest absolute Gasteiger partial charge is 0.480 e. The molecule has 0 rings (SSSR count). The first-order chi connectivity index (χ1) is 9.65. The van der Waals surface area contributed by atoms with E-state index in [9.17, 15) is 14.4 Å². The van der Waals surface area contributed by atoms with E-state index in [2.05, 4.69) is 26.6 Å². The molecule has 7 nitrogen and oxygen atoms in total. The first kappa shape index (κ1) is 19.7. The number of carbonyl (C=O) groups is 3. The van der Waals surface area contributed by atoms with Crippen molar-refractivity contribution in [1.29, 1.82) is 0 Å². The number of unbranched alkanes of at least 4 members (excludes halogenated alkanes) is 1. The molecule has 0 aliphatic carbocycles. The third-order valence-corrected chi connectivity index (χ3v) is 2.86. The van der Waals surface area contributed by atoms with Gasteiger partial charge in [-0.2, -0.15) is 0 Å². The van der Waals surface area contributed by atoms with Crippen LogP contribution in [0.4, 0.5) is 4.79 Å². The van der Waals surface area contributed by atoms with Crippen LogP contribution in [0.1, 0.15) is 40.0 Å². The Morgan fingerprint density at radius 1 is 1.24 bits per heavy atom. The average Bonchev–Trinajstić information content (AvgIpc) is 2.34. The number of amides is 2. The number of hydrogen-bond donors (Lipinski definition) is 3. The van der Waals surface area contributed by atoms with E-state index < -0.39 is 23.7 Å². The van der Waals surface area contributed by atoms with E-state index in [1.54, 1.807) is 20.8 Å². The molecule has 0 spiro atoms. The molecule has 0 aromatic rings. The maximum absolute atomic E-state index is 11.5. The Hall–Kier alpha value is -1.31. The van der Waals surface area contributed by atoms with Crippen molar-refractivity contribution in [3.8, 4) is 0 Å². The van der Waals surface area contributed by atoms with Crippen LogP contribution in [-0.2, 0) is 14.3 Å². The number of carboxylic acid groups (broad SMARTS) is 1. The van der Waals surface area contributed by atoms with Crippen LogP contribution in [0, 0.1) is 0 Å². The van der Waals surface area contributed by atoms with Gasteiger partial charge in [0, 0.05) is 6.54 Å². The summed E-state index contributed by atoms with van der Waals surface area (Å²) in [7, 11) is 0. The topological polar surface area (TPSA) is 105 Å². The van der Waals surface area contributed by atoms with E-state index in [0.717, 1.165) is 0 Å². The minimum absolute atomic E-state index is 0.114. The second-order valence-corrected chi connectivity index (χ2v) is 6.08. The Labute approximate surface area is 132 Å². The molecule has 1 atom stereocenters. The number of rotatable bonds is 8. The van der Waals surface area contributed by atoms with Gasteiger partial charge in [0.15, 0.2) is 0 Å². The second kappa shape index (κ2) is 9.59. The summed E-state index contributed by atoms with van der Waals surface area (Å²) in [6.45, 7) is 5.59. The van der Waals surface area contributed by atoms with Gasteiger partial charge in [-0.3, -0.25) is 4.79 Å². The zero-order valence-electron chi connectivity index (χ0n) is 12.6. The van der Waals surface area contributed by atoms with Crippen molar-refractivity contribution in [2.24, 2.45) is 0 Å². The van der Waals surface area contributed by atoms with Gasteiger partial charge < -0.3 is 20.5 Å². The van der Waals surface area contributed by atoms with Crippen LogP contribution in [0.2, 0.25) is 0 Å². The SMILES string of the molecule is CC(C)(C)OC(=O)NC(CCCCNC(=O)CBr)C(=O)O. The van der Waals surface area contributed by atoms with Gasteiger partial charge in [-0.05, 0) is 40.0 Å². The fourth-order valence-electron chi connectivity index (χ4n) is 1.46. The molecule has 8 heteroatoms. The Morgan fingerprint density at radius 2 is 1.86 bits per heavy atom. The van der Waals surface area contributed by atoms with Crippen LogP contribution in [0.25, 0.3) is 0 Å². The lowest BCUT2D eigenvalue weighted by Gasteiger charge is -2.22. The lowest BCUT2D eigenvalue weighted by Crippen LogP contribution is -2.43. The third kappa shape index (κ3) is 11.1. The van der Waals surface area contributed by atoms with Crippen LogP contribution in [0.5, 0.6) is 0 Å². The highest BCUT2D eigenvalue weighted by Crippen LogP contribution is 2.08. The molecule has 0 aliphatic rings. The maximum atomic E-state index is 11.5. The number of alkyl halides is 1. The summed E-state index contributed by atoms with van der Waals surface area (Å²) in [5.74, 6) is -1.22. The molecule has 3 N–H and O–H groups in total. The Balaban J connectivity index is 4.06. The van der Waals surface area contributed by atoms with Gasteiger partial charge in [0.2, 0.25) is 5.91 Å². The summed E-state index contributed by atoms with van der Waals surface area (Å²) < 4.78 is 5.02. The first-order valence-corrected chi connectivity index (χ1v) is 7.83. The minimum Gasteiger partial charge on any atom is -0.480 e. The fraction of sp³-hybridized carbons (Fsp3) is 0.769. The van der Waals surface area contributed by atoms with Crippen LogP contribution in [0.15, 0.2) is 0 Å². The molecule has 0 fully saturated rings. The summed E-state index contributed by atoms with van der Waals surface area (Å²) in [5.41, 5.74) is -0.674. The smallest absolute Gasteiger partial charge is 0.408 e. The molecule has 0 bridgehead atoms. The standard InChI is InChI=1S/C13H23BrN2O5/c1-13(2,3)21-12(20)16-9(11(18)19)6-4-5-7-15-10(17)8-14/h9H,4-8H2,1-3H3,(H,15,17)(H,16,20)(H,18,19). The summed E-state index contributed by atoms with van der Waals surface area (Å²) >= 11 is 3.03. The van der Waals surface area contributed by atoms with Crippen LogP contribution >= 0.6 is 15.9 Å². The summed E-state index contributed by atoms with van der Waals surface area (Å²) in [4.78, 5) is 33.6. The van der Waals surface area contributed by atoms with Crippen molar-refractivity contribution in [3.05, 3.63) is 0 Å². The minimum atomic E-state index is -1.11. The fourth-order valence-corrected chi connectivity index (χ4v) is 1.65. The number of nitrogens with one attached hydrogen (secondary N) is 2. The van der Waals surface area contributed by atoms with Crippen molar-refractivity contribution in [2.45, 2.75) is 51.7 Å². The van der Waals surface area contributed by atoms with E-state index in [0.29, 0.717) is 19.4 Å². The molecule has 0 aromatic heterocycles. The number of hydrogen-bond acceptors (Lipinski definition) is 4. The molecule has 122 valence electrons. The first-order valence-electron chi connectivity index (χ1n) is 6.70. The number of halogens is 1. The predicted octanol–water partition coefficient (Wildman–Crippen LogP) is 1.65. The zero-order chi connectivity index (χ0) is 16.5. The highest BCUT2D eigenvalue weighted by Gasteiger charge is 2.23. The molecule has 0 saturated carbocycles. The van der Waals surface area contributed by atoms with E-state index in [1.165, 1.54) is 0 Å². The van der Waals surface area contributed by atoms with E-state index in [4.69, 9.17) is 9.84 Å². The summed E-state index contributed by atoms with van der Waals surface area (Å²) in [5, 5.41) is 14.3. The number of carboxylic acids is 1. The molecule has 0 saturated heterocycles. The molecule has 0 heterocycles. The average molecular weight is 367 g/mol. The quantitative estimate of drug-likeness (QED) is 0.447. The van der Waals surface area contributed by atoms with Crippen molar-refractivity contribution >= 4 is 33.9 Å². The van der Waals surface area contributed by atoms with Crippen molar-refractivity contribution in [3.63, 3.8) is 0 Å². The highest BCUT2D eigenvalue weighted by atomic mass is 79.9. The van der Waals surface area contributed by atoms with E-state index in [1.807, 2.05) is 0 Å². The van der Waals surface area contributed by atoms with Crippen LogP contribution in [0.3, 0.4) is 0 Å². The van der Waals surface area contributed by atoms with Gasteiger partial charge in [0.1, 0.15) is 11.6 Å². The summed E-state index contributed by atoms with van der Waals surface area (Å²) in [6.07, 6.45) is 0.731. The van der Waals surface area contributed by atoms with E-state index >= 15 is 0 Å². The third-order valence-electron chi connectivity index (χ3n) is 2.35. The molecule has 1 unspecified atom stereocenters. The van der Waals surface area contributed by atoms with E-state index in [-0.39, 0.29) is 17.7 Å². The van der Waals surface area contributed by atoms with Gasteiger partial charge in [-0.25, -0.2) is 9.59 Å². The van der Waals surface area contributed by atoms with Gasteiger partial charge in [0.25, 0.3) is 0 Å². The molecular weight excluding hydrogens is 344 g/mol. The lowest BCUT2D eigenvalue weighted by molar-refractivity contribution is -0.139. The van der Waals surface area contributed by atoms with Crippen LogP contribution < -0.4 is 10.6 Å². The molecule has 2 amide bonds. The molecule has 0 aromatic carbocycles. The number of alkyl carbamates (subject to hydrolysis) is 1. The molecule has 0 aliphatic heterocycles. The molecule has 21 heavy (non-hydrogen) atoms.